The molecule has 2 aromatic rings. The summed E-state index contributed by atoms with van der Waals surface area (Å²) in [5, 5.41) is 3.48. The number of nitrogens with zero attached hydrogens (tertiary/aromatic N) is 5. The van der Waals surface area contributed by atoms with Crippen LogP contribution in [0.3, 0.4) is 0 Å². The van der Waals surface area contributed by atoms with Crippen molar-refractivity contribution in [2.45, 2.75) is 52.7 Å². The van der Waals surface area contributed by atoms with E-state index < -0.39 is 5.60 Å². The number of benzene rings is 1. The van der Waals surface area contributed by atoms with Crippen molar-refractivity contribution in [1.82, 2.24) is 24.7 Å². The molecular weight excluding hydrogens is 531 g/mol. The number of carbonyl (C=O) groups is 1. The number of piperidine rings is 1. The van der Waals surface area contributed by atoms with E-state index in [-0.39, 0.29) is 30.1 Å². The summed E-state index contributed by atoms with van der Waals surface area (Å²) in [6.07, 6.45) is 1.82. The number of imidazole rings is 1. The largest absolute Gasteiger partial charge is 0.444 e. The molecule has 33 heavy (non-hydrogen) atoms. The fraction of sp³-hybridized carbons (Fsp3) is 0.625. The second-order valence-electron chi connectivity index (χ2n) is 9.43. The van der Waals surface area contributed by atoms with Crippen LogP contribution in [0.5, 0.6) is 0 Å². The van der Waals surface area contributed by atoms with E-state index in [4.69, 9.17) is 9.72 Å². The zero-order valence-corrected chi connectivity index (χ0v) is 23.1. The number of fused-ring (bicyclic) bond motifs is 1. The average molecular weight is 571 g/mol. The van der Waals surface area contributed by atoms with Gasteiger partial charge < -0.3 is 24.4 Å². The molecule has 1 N–H and O–H groups in total. The van der Waals surface area contributed by atoms with Crippen molar-refractivity contribution < 1.29 is 9.53 Å². The molecule has 0 unspecified atom stereocenters. The highest BCUT2D eigenvalue weighted by Crippen LogP contribution is 2.20. The molecule has 0 radical (unpaired) electrons. The van der Waals surface area contributed by atoms with Crippen LogP contribution in [0.25, 0.3) is 11.0 Å². The number of amides is 1. The Bertz CT molecular complexity index is 944. The van der Waals surface area contributed by atoms with Crippen LogP contribution >= 0.6 is 24.0 Å². The number of hydrogen-bond acceptors (Lipinski definition) is 4. The second kappa shape index (κ2) is 11.9. The predicted octanol–water partition coefficient (Wildman–Crippen LogP) is 4.24. The summed E-state index contributed by atoms with van der Waals surface area (Å²) < 4.78 is 7.68. The number of aromatic nitrogens is 2. The van der Waals surface area contributed by atoms with Crippen molar-refractivity contribution in [3.8, 4) is 0 Å². The molecule has 9 heteroatoms. The molecule has 184 valence electrons. The first kappa shape index (κ1) is 27.2. The van der Waals surface area contributed by atoms with Crippen LogP contribution in [-0.4, -0.2) is 70.2 Å². The molecule has 0 saturated carbocycles. The summed E-state index contributed by atoms with van der Waals surface area (Å²) in [7, 11) is 3.87. The number of carbonyl (C=O) groups excluding carboxylic acids is 1. The number of para-hydroxylation sites is 2. The number of aliphatic imine (C=N–C) groups is 1. The van der Waals surface area contributed by atoms with Crippen molar-refractivity contribution >= 4 is 47.1 Å². The van der Waals surface area contributed by atoms with Crippen LogP contribution in [0.1, 0.15) is 46.4 Å². The highest BCUT2D eigenvalue weighted by atomic mass is 127. The molecule has 0 bridgehead atoms. The molecule has 1 aliphatic heterocycles. The standard InChI is InChI=1S/C24H38N6O2.HI/c1-7-29(23(31)32-24(2,3)4)17-18-12-14-30(15-13-18)22(25-5)26-16-21-27-19-10-8-9-11-20(19)28(21)6;/h8-11,18H,7,12-17H2,1-6H3,(H,25,26);1H. The lowest BCUT2D eigenvalue weighted by molar-refractivity contribution is 0.0214. The lowest BCUT2D eigenvalue weighted by Crippen LogP contribution is -2.47. The third-order valence-electron chi connectivity index (χ3n) is 5.92. The molecule has 1 aliphatic rings. The summed E-state index contributed by atoms with van der Waals surface area (Å²) in [6.45, 7) is 11.6. The molecule has 0 aliphatic carbocycles. The van der Waals surface area contributed by atoms with E-state index in [0.29, 0.717) is 19.0 Å². The SMILES string of the molecule is CCN(CC1CCN(C(=NC)NCc2nc3ccccc3n2C)CC1)C(=O)OC(C)(C)C.I. The quantitative estimate of drug-likeness (QED) is 0.331. The fourth-order valence-corrected chi connectivity index (χ4v) is 4.14. The van der Waals surface area contributed by atoms with E-state index in [9.17, 15) is 4.79 Å². The van der Waals surface area contributed by atoms with Gasteiger partial charge in [0.1, 0.15) is 11.4 Å². The maximum absolute atomic E-state index is 12.5. The third kappa shape index (κ3) is 7.22. The minimum absolute atomic E-state index is 0. The molecule has 1 aromatic carbocycles. The lowest BCUT2D eigenvalue weighted by atomic mass is 9.96. The molecule has 0 atom stereocenters. The number of nitrogens with one attached hydrogen (secondary N) is 1. The molecule has 1 saturated heterocycles. The Kier molecular flexibility index (Phi) is 9.81. The van der Waals surface area contributed by atoms with Crippen LogP contribution < -0.4 is 5.32 Å². The van der Waals surface area contributed by atoms with Gasteiger partial charge in [0.2, 0.25) is 0 Å². The number of halogens is 1. The van der Waals surface area contributed by atoms with Crippen LogP contribution in [0.2, 0.25) is 0 Å². The van der Waals surface area contributed by atoms with E-state index in [1.807, 2.05) is 64.9 Å². The molecule has 1 aromatic heterocycles. The van der Waals surface area contributed by atoms with Crippen molar-refractivity contribution in [3.05, 3.63) is 30.1 Å². The van der Waals surface area contributed by atoms with Crippen LogP contribution in [0, 0.1) is 5.92 Å². The number of aryl methyl sites for hydroxylation is 1. The Hall–Kier alpha value is -2.04. The normalized spacial score (nSPS) is 15.3. The third-order valence-corrected chi connectivity index (χ3v) is 5.92. The number of hydrogen-bond donors (Lipinski definition) is 1. The van der Waals surface area contributed by atoms with Crippen LogP contribution in [0.15, 0.2) is 29.3 Å². The Balaban J connectivity index is 0.00000385. The zero-order chi connectivity index (χ0) is 23.3. The fourth-order valence-electron chi connectivity index (χ4n) is 4.14. The van der Waals surface area contributed by atoms with Crippen molar-refractivity contribution in [1.29, 1.82) is 0 Å². The van der Waals surface area contributed by atoms with Crippen molar-refractivity contribution in [2.75, 3.05) is 33.2 Å². The Morgan fingerprint density at radius 1 is 1.27 bits per heavy atom. The monoisotopic (exact) mass is 570 g/mol. The summed E-state index contributed by atoms with van der Waals surface area (Å²) in [5.41, 5.74) is 1.67. The van der Waals surface area contributed by atoms with E-state index in [1.54, 1.807) is 0 Å². The maximum atomic E-state index is 12.5. The van der Waals surface area contributed by atoms with Crippen LogP contribution in [0.4, 0.5) is 4.79 Å². The topological polar surface area (TPSA) is 75.0 Å². The smallest absolute Gasteiger partial charge is 0.410 e. The Morgan fingerprint density at radius 2 is 1.94 bits per heavy atom. The lowest BCUT2D eigenvalue weighted by Gasteiger charge is -2.36. The Morgan fingerprint density at radius 3 is 2.52 bits per heavy atom. The average Bonchev–Trinajstić information content (AvgIpc) is 3.08. The van der Waals surface area contributed by atoms with Crippen molar-refractivity contribution in [2.24, 2.45) is 18.0 Å². The second-order valence-corrected chi connectivity index (χ2v) is 9.43. The first-order chi connectivity index (χ1) is 15.2. The molecule has 3 rings (SSSR count). The van der Waals surface area contributed by atoms with Gasteiger partial charge in [-0.1, -0.05) is 12.1 Å². The molecule has 8 nitrogen and oxygen atoms in total. The van der Waals surface area contributed by atoms with E-state index in [0.717, 1.165) is 55.3 Å². The first-order valence-electron chi connectivity index (χ1n) is 11.6. The van der Waals surface area contributed by atoms with Gasteiger partial charge in [-0.2, -0.15) is 0 Å². The van der Waals surface area contributed by atoms with Gasteiger partial charge in [-0.05, 0) is 58.6 Å². The highest BCUT2D eigenvalue weighted by Gasteiger charge is 2.27. The summed E-state index contributed by atoms with van der Waals surface area (Å²) in [5.74, 6) is 2.35. The van der Waals surface area contributed by atoms with Gasteiger partial charge in [0.15, 0.2) is 5.96 Å². The van der Waals surface area contributed by atoms with Gasteiger partial charge in [-0.15, -0.1) is 24.0 Å². The number of likely N-dealkylation sites (tertiary alicyclic amines) is 1. The highest BCUT2D eigenvalue weighted by molar-refractivity contribution is 14.0. The Labute approximate surface area is 214 Å². The van der Waals surface area contributed by atoms with Gasteiger partial charge in [-0.3, -0.25) is 4.99 Å². The molecule has 1 fully saturated rings. The zero-order valence-electron chi connectivity index (χ0n) is 20.8. The maximum Gasteiger partial charge on any atom is 0.410 e. The van der Waals surface area contributed by atoms with Crippen molar-refractivity contribution in [3.63, 3.8) is 0 Å². The van der Waals surface area contributed by atoms with Gasteiger partial charge >= 0.3 is 6.09 Å². The number of rotatable bonds is 5. The molecule has 0 spiro atoms. The van der Waals surface area contributed by atoms with E-state index in [2.05, 4.69) is 25.8 Å². The van der Waals surface area contributed by atoms with Gasteiger partial charge in [0.05, 0.1) is 17.6 Å². The van der Waals surface area contributed by atoms with Gasteiger partial charge in [-0.25, -0.2) is 9.78 Å². The number of guanidine groups is 1. The van der Waals surface area contributed by atoms with Gasteiger partial charge in [0.25, 0.3) is 0 Å². The van der Waals surface area contributed by atoms with Gasteiger partial charge in [0, 0.05) is 40.3 Å². The summed E-state index contributed by atoms with van der Waals surface area (Å²) in [4.78, 5) is 25.8. The minimum atomic E-state index is -0.467. The first-order valence-corrected chi connectivity index (χ1v) is 11.6. The van der Waals surface area contributed by atoms with Crippen LogP contribution in [-0.2, 0) is 18.3 Å². The predicted molar refractivity (Wildman–Crippen MR) is 144 cm³/mol. The summed E-state index contributed by atoms with van der Waals surface area (Å²) in [6, 6.07) is 8.17. The molecular formula is C24H39IN6O2. The number of ether oxygens (including phenoxy) is 1. The minimum Gasteiger partial charge on any atom is -0.444 e. The summed E-state index contributed by atoms with van der Waals surface area (Å²) >= 11 is 0. The van der Waals surface area contributed by atoms with E-state index >= 15 is 0 Å². The molecule has 2 heterocycles. The molecule has 1 amide bonds. The van der Waals surface area contributed by atoms with E-state index in [1.165, 1.54) is 0 Å².